The Balaban J connectivity index is 1.46. The third-order valence-electron chi connectivity index (χ3n) is 9.10. The maximum atomic E-state index is 8.97. The quantitative estimate of drug-likeness (QED) is 0.203. The summed E-state index contributed by atoms with van der Waals surface area (Å²) in [5.74, 6) is 0. The van der Waals surface area contributed by atoms with Crippen molar-refractivity contribution in [2.75, 3.05) is 0 Å². The van der Waals surface area contributed by atoms with Gasteiger partial charge in [-0.3, -0.25) is 4.98 Å². The zero-order valence-electron chi connectivity index (χ0n) is 30.1. The van der Waals surface area contributed by atoms with Crippen LogP contribution in [0.1, 0.15) is 90.4 Å². The van der Waals surface area contributed by atoms with Gasteiger partial charge in [-0.05, 0) is 110 Å². The molecule has 0 amide bonds. The molecule has 0 fully saturated rings. The summed E-state index contributed by atoms with van der Waals surface area (Å²) in [5.41, 5.74) is 4.92. The first-order chi connectivity index (χ1) is 21.3. The van der Waals surface area contributed by atoms with Crippen molar-refractivity contribution in [2.24, 2.45) is 5.41 Å². The van der Waals surface area contributed by atoms with E-state index in [4.69, 9.17) is 11.3 Å². The molecule has 2 nitrogen and oxygen atoms in total. The number of furan rings is 1. The van der Waals surface area contributed by atoms with Crippen molar-refractivity contribution in [3.8, 4) is 11.3 Å². The SMILES string of the molecule is [2H]C([2H])([2H])c1cnc(-c2cccc3c2oc2cc4c(ccc5c6c(ccc54)C(C)(C)CCC6(C)C)cc23)cc1C([2H])([2H])C(C)(C)C. The first-order valence-corrected chi connectivity index (χ1v) is 14.7. The lowest BCUT2D eigenvalue weighted by Crippen LogP contribution is -2.34. The molecule has 0 saturated carbocycles. The molecule has 4 aromatic carbocycles. The summed E-state index contributed by atoms with van der Waals surface area (Å²) in [6.07, 6.45) is 1.71. The second-order valence-electron chi connectivity index (χ2n) is 14.3. The van der Waals surface area contributed by atoms with Gasteiger partial charge in [0.1, 0.15) is 11.2 Å². The number of fused-ring (bicyclic) bond motifs is 8. The van der Waals surface area contributed by atoms with Crippen molar-refractivity contribution >= 4 is 43.5 Å². The molecule has 0 N–H and O–H groups in total. The van der Waals surface area contributed by atoms with Gasteiger partial charge >= 0.3 is 0 Å². The van der Waals surface area contributed by atoms with Crippen LogP contribution < -0.4 is 0 Å². The van der Waals surface area contributed by atoms with E-state index in [1.54, 1.807) is 26.8 Å². The van der Waals surface area contributed by atoms with Gasteiger partial charge in [-0.1, -0.05) is 84.9 Å². The molecule has 2 heteroatoms. The molecule has 0 spiro atoms. The molecule has 1 aliphatic rings. The van der Waals surface area contributed by atoms with Crippen LogP contribution >= 0.6 is 0 Å². The molecule has 2 heterocycles. The van der Waals surface area contributed by atoms with Crippen LogP contribution in [0.2, 0.25) is 0 Å². The molecule has 1 aliphatic carbocycles. The van der Waals surface area contributed by atoms with Crippen LogP contribution in [0, 0.1) is 12.3 Å². The minimum absolute atomic E-state index is 0.0696. The van der Waals surface area contributed by atoms with Crippen LogP contribution in [0.5, 0.6) is 0 Å². The van der Waals surface area contributed by atoms with Gasteiger partial charge in [-0.25, -0.2) is 0 Å². The van der Waals surface area contributed by atoms with Gasteiger partial charge < -0.3 is 4.42 Å². The lowest BCUT2D eigenvalue weighted by atomic mass is 9.62. The smallest absolute Gasteiger partial charge is 0.144 e. The summed E-state index contributed by atoms with van der Waals surface area (Å²) in [4.78, 5) is 4.57. The third kappa shape index (κ3) is 4.18. The summed E-state index contributed by atoms with van der Waals surface area (Å²) in [5, 5.41) is 6.74. The van der Waals surface area contributed by atoms with Crippen molar-refractivity contribution in [2.45, 2.75) is 85.4 Å². The molecule has 0 atom stereocenters. The minimum Gasteiger partial charge on any atom is -0.455 e. The second kappa shape index (κ2) is 8.68. The first kappa shape index (κ1) is 21.1. The molecule has 0 saturated heterocycles. The van der Waals surface area contributed by atoms with Gasteiger partial charge in [0.05, 0.1) is 5.69 Å². The summed E-state index contributed by atoms with van der Waals surface area (Å²) in [7, 11) is 0. The van der Waals surface area contributed by atoms with E-state index < -0.39 is 18.6 Å². The Labute approximate surface area is 250 Å². The fraction of sp³-hybridized carbons (Fsp3) is 0.359. The van der Waals surface area contributed by atoms with E-state index in [1.807, 2.05) is 18.2 Å². The molecule has 41 heavy (non-hydrogen) atoms. The van der Waals surface area contributed by atoms with Crippen LogP contribution in [-0.4, -0.2) is 4.98 Å². The minimum atomic E-state index is -2.50. The lowest BCUT2D eigenvalue weighted by Gasteiger charge is -2.42. The van der Waals surface area contributed by atoms with Crippen LogP contribution in [0.25, 0.3) is 54.7 Å². The van der Waals surface area contributed by atoms with Crippen molar-refractivity contribution < 1.29 is 11.3 Å². The van der Waals surface area contributed by atoms with E-state index in [2.05, 4.69) is 69.1 Å². The van der Waals surface area contributed by atoms with Gasteiger partial charge in [0.15, 0.2) is 0 Å². The van der Waals surface area contributed by atoms with Gasteiger partial charge in [0.2, 0.25) is 0 Å². The molecule has 7 rings (SSSR count). The van der Waals surface area contributed by atoms with Crippen molar-refractivity contribution in [1.82, 2.24) is 4.98 Å². The van der Waals surface area contributed by atoms with Crippen molar-refractivity contribution in [1.29, 1.82) is 0 Å². The molecule has 208 valence electrons. The lowest BCUT2D eigenvalue weighted by molar-refractivity contribution is 0.334. The topological polar surface area (TPSA) is 26.0 Å². The fourth-order valence-corrected chi connectivity index (χ4v) is 6.92. The van der Waals surface area contributed by atoms with Gasteiger partial charge in [0.25, 0.3) is 0 Å². The molecular weight excluding hydrogens is 498 g/mol. The Morgan fingerprint density at radius 1 is 0.854 bits per heavy atom. The molecule has 0 radical (unpaired) electrons. The van der Waals surface area contributed by atoms with Crippen LogP contribution in [-0.2, 0) is 17.2 Å². The first-order valence-electron chi connectivity index (χ1n) is 17.2. The predicted molar refractivity (Wildman–Crippen MR) is 175 cm³/mol. The standard InChI is InChI=1S/C39H41NO/c1-23-22-40-33(19-25(23)21-37(2,3)4)29-11-9-10-28-31-18-24-12-13-27-26(30(24)20-34(31)41-36(28)29)14-15-32-35(27)39(7,8)17-16-38(32,5)6/h9-15,18-20,22H,16-17,21H2,1-8H3/i1D3,21D2. The van der Waals surface area contributed by atoms with Crippen molar-refractivity contribution in [3.63, 3.8) is 0 Å². The molecule has 0 unspecified atom stereocenters. The largest absolute Gasteiger partial charge is 0.455 e. The van der Waals surface area contributed by atoms with Gasteiger partial charge in [0, 0.05) is 29.4 Å². The highest BCUT2D eigenvalue weighted by molar-refractivity contribution is 6.18. The maximum absolute atomic E-state index is 8.97. The molecule has 0 bridgehead atoms. The summed E-state index contributed by atoms with van der Waals surface area (Å²) in [6, 6.07) is 21.0. The Hall–Kier alpha value is -3.65. The monoisotopic (exact) mass is 544 g/mol. The average molecular weight is 545 g/mol. The Kier molecular flexibility index (Phi) is 4.47. The number of aryl methyl sites for hydroxylation is 1. The van der Waals surface area contributed by atoms with E-state index >= 15 is 0 Å². The van der Waals surface area contributed by atoms with E-state index in [9.17, 15) is 0 Å². The van der Waals surface area contributed by atoms with Crippen LogP contribution in [0.3, 0.4) is 0 Å². The van der Waals surface area contributed by atoms with E-state index in [-0.39, 0.29) is 22.0 Å². The zero-order chi connectivity index (χ0) is 33.2. The summed E-state index contributed by atoms with van der Waals surface area (Å²) in [6.45, 7) is 12.3. The Morgan fingerprint density at radius 3 is 2.41 bits per heavy atom. The third-order valence-corrected chi connectivity index (χ3v) is 9.10. The maximum Gasteiger partial charge on any atom is 0.144 e. The number of benzene rings is 4. The number of pyridine rings is 1. The van der Waals surface area contributed by atoms with E-state index in [0.717, 1.165) is 33.5 Å². The molecule has 6 aromatic rings. The van der Waals surface area contributed by atoms with Gasteiger partial charge in [-0.2, -0.15) is 0 Å². The highest BCUT2D eigenvalue weighted by Crippen LogP contribution is 2.49. The summed E-state index contributed by atoms with van der Waals surface area (Å²) >= 11 is 0. The average Bonchev–Trinajstić information content (AvgIpc) is 3.34. The number of aromatic nitrogens is 1. The molecule has 2 aromatic heterocycles. The number of nitrogens with zero attached hydrogens (tertiary/aromatic N) is 1. The molecule has 0 aliphatic heterocycles. The number of hydrogen-bond donors (Lipinski definition) is 0. The zero-order valence-corrected chi connectivity index (χ0v) is 25.1. The Morgan fingerprint density at radius 2 is 1.63 bits per heavy atom. The number of rotatable bonds is 2. The normalized spacial score (nSPS) is 19.0. The van der Waals surface area contributed by atoms with Gasteiger partial charge in [-0.15, -0.1) is 0 Å². The summed E-state index contributed by atoms with van der Waals surface area (Å²) < 4.78 is 48.9. The fourth-order valence-electron chi connectivity index (χ4n) is 6.92. The highest BCUT2D eigenvalue weighted by atomic mass is 16.3. The van der Waals surface area contributed by atoms with Crippen LogP contribution in [0.4, 0.5) is 0 Å². The number of hydrogen-bond acceptors (Lipinski definition) is 2. The highest BCUT2D eigenvalue weighted by Gasteiger charge is 2.38. The predicted octanol–water partition coefficient (Wildman–Crippen LogP) is 11.2. The van der Waals surface area contributed by atoms with Crippen LogP contribution in [0.15, 0.2) is 71.3 Å². The second-order valence-corrected chi connectivity index (χ2v) is 14.3. The van der Waals surface area contributed by atoms with E-state index in [1.165, 1.54) is 34.5 Å². The Bertz CT molecular complexity index is 2210. The molecular formula is C39H41NO. The van der Waals surface area contributed by atoms with Crippen molar-refractivity contribution in [3.05, 3.63) is 89.1 Å². The number of para-hydroxylation sites is 1. The van der Waals surface area contributed by atoms with E-state index in [0.29, 0.717) is 16.8 Å².